The molecule has 1 spiro atoms. The highest BCUT2D eigenvalue weighted by Gasteiger charge is 2.60. The number of aliphatic hydroxyl groups is 1. The van der Waals surface area contributed by atoms with Crippen LogP contribution in [0.15, 0.2) is 24.7 Å². The van der Waals surface area contributed by atoms with E-state index in [1.54, 1.807) is 12.3 Å². The molecule has 2 aliphatic rings. The van der Waals surface area contributed by atoms with Crippen molar-refractivity contribution in [2.75, 3.05) is 13.1 Å². The average molecular weight is 439 g/mol. The smallest absolute Gasteiger partial charge is 0.389 e. The minimum atomic E-state index is -4.34. The summed E-state index contributed by atoms with van der Waals surface area (Å²) in [6.07, 6.45) is 2.39. The number of aromatic nitrogens is 3. The van der Waals surface area contributed by atoms with Crippen molar-refractivity contribution in [1.82, 2.24) is 20.1 Å². The number of nitrogens with one attached hydrogen (secondary N) is 1. The number of halogens is 4. The lowest BCUT2D eigenvalue weighted by Crippen LogP contribution is -2.61. The van der Waals surface area contributed by atoms with Crippen LogP contribution in [0.3, 0.4) is 0 Å². The van der Waals surface area contributed by atoms with Crippen LogP contribution in [-0.2, 0) is 6.54 Å². The van der Waals surface area contributed by atoms with Gasteiger partial charge >= 0.3 is 6.18 Å². The Morgan fingerprint density at radius 2 is 2.03 bits per heavy atom. The summed E-state index contributed by atoms with van der Waals surface area (Å²) >= 11 is 6.17. The second kappa shape index (κ2) is 7.56. The van der Waals surface area contributed by atoms with E-state index in [4.69, 9.17) is 11.6 Å². The zero-order valence-electron chi connectivity index (χ0n) is 16.4. The van der Waals surface area contributed by atoms with Gasteiger partial charge in [0.25, 0.3) is 0 Å². The third kappa shape index (κ3) is 4.20. The lowest BCUT2D eigenvalue weighted by Gasteiger charge is -2.61. The first-order chi connectivity index (χ1) is 14.1. The lowest BCUT2D eigenvalue weighted by atomic mass is 9.46. The quantitative estimate of drug-likeness (QED) is 0.556. The van der Waals surface area contributed by atoms with E-state index in [-0.39, 0.29) is 11.3 Å². The number of hydrogen-bond acceptors (Lipinski definition) is 4. The van der Waals surface area contributed by atoms with Gasteiger partial charge in [0.2, 0.25) is 0 Å². The molecule has 1 saturated carbocycles. The summed E-state index contributed by atoms with van der Waals surface area (Å²) in [5.74, 6) is 5.75. The maximum atomic E-state index is 12.5. The molecule has 4 rings (SSSR count). The highest BCUT2D eigenvalue weighted by atomic mass is 35.5. The fourth-order valence-electron chi connectivity index (χ4n) is 5.13. The fraction of sp³-hybridized carbons (Fsp3) is 0.524. The molecule has 9 heteroatoms. The van der Waals surface area contributed by atoms with E-state index in [9.17, 15) is 18.3 Å². The SMILES string of the molecule is CC1(O)CC2(CCNCC2)C1c1cc(Cl)ncc1C#Cc1cnn(CC(F)(F)F)c1. The van der Waals surface area contributed by atoms with E-state index in [2.05, 4.69) is 27.2 Å². The minimum Gasteiger partial charge on any atom is -0.389 e. The molecule has 0 aromatic carbocycles. The number of piperidine rings is 1. The maximum Gasteiger partial charge on any atom is 0.408 e. The molecule has 2 aromatic heterocycles. The van der Waals surface area contributed by atoms with Crippen LogP contribution in [0.5, 0.6) is 0 Å². The second-order valence-electron chi connectivity index (χ2n) is 8.47. The van der Waals surface area contributed by atoms with Gasteiger partial charge in [-0.25, -0.2) is 4.98 Å². The van der Waals surface area contributed by atoms with Gasteiger partial charge in [0, 0.05) is 23.9 Å². The van der Waals surface area contributed by atoms with Gasteiger partial charge < -0.3 is 10.4 Å². The second-order valence-corrected chi connectivity index (χ2v) is 8.85. The Morgan fingerprint density at radius 3 is 2.70 bits per heavy atom. The van der Waals surface area contributed by atoms with Crippen LogP contribution in [0.2, 0.25) is 5.15 Å². The van der Waals surface area contributed by atoms with Gasteiger partial charge in [-0.05, 0) is 56.3 Å². The summed E-state index contributed by atoms with van der Waals surface area (Å²) in [7, 11) is 0. The van der Waals surface area contributed by atoms with Gasteiger partial charge in [0.05, 0.1) is 17.4 Å². The third-order valence-corrected chi connectivity index (χ3v) is 6.28. The van der Waals surface area contributed by atoms with E-state index in [0.717, 1.165) is 36.2 Å². The normalized spacial score (nSPS) is 25.5. The standard InChI is InChI=1S/C21H22ClF3N4O/c1-19(30)12-20(4-6-26-7-5-20)18(19)16-8-17(22)27-10-15(16)3-2-14-9-28-29(11-14)13-21(23,24)25/h8-11,18,26,30H,4-7,12-13H2,1H3. The Hall–Kier alpha value is -2.08. The Kier molecular flexibility index (Phi) is 5.33. The molecule has 30 heavy (non-hydrogen) atoms. The zero-order chi connectivity index (χ0) is 21.6. The summed E-state index contributed by atoms with van der Waals surface area (Å²) < 4.78 is 38.4. The molecule has 0 bridgehead atoms. The van der Waals surface area contributed by atoms with Crippen LogP contribution in [-0.4, -0.2) is 44.7 Å². The van der Waals surface area contributed by atoms with Crippen LogP contribution in [0, 0.1) is 17.3 Å². The van der Waals surface area contributed by atoms with Crippen LogP contribution >= 0.6 is 11.6 Å². The molecule has 1 aliphatic carbocycles. The fourth-order valence-corrected chi connectivity index (χ4v) is 5.29. The molecule has 2 atom stereocenters. The van der Waals surface area contributed by atoms with Crippen molar-refractivity contribution in [1.29, 1.82) is 0 Å². The Balaban J connectivity index is 1.66. The molecule has 5 nitrogen and oxygen atoms in total. The summed E-state index contributed by atoms with van der Waals surface area (Å²) in [6, 6.07) is 1.75. The Bertz CT molecular complexity index is 1000. The van der Waals surface area contributed by atoms with Crippen molar-refractivity contribution in [3.63, 3.8) is 0 Å². The zero-order valence-corrected chi connectivity index (χ0v) is 17.2. The molecule has 0 radical (unpaired) electrons. The van der Waals surface area contributed by atoms with Crippen LogP contribution in [0.25, 0.3) is 0 Å². The van der Waals surface area contributed by atoms with Crippen molar-refractivity contribution in [3.8, 4) is 11.8 Å². The van der Waals surface area contributed by atoms with E-state index in [1.807, 2.05) is 6.92 Å². The predicted octanol–water partition coefficient (Wildman–Crippen LogP) is 3.50. The van der Waals surface area contributed by atoms with Crippen LogP contribution in [0.4, 0.5) is 13.2 Å². The minimum absolute atomic E-state index is 0.0204. The molecule has 0 amide bonds. The van der Waals surface area contributed by atoms with Crippen molar-refractivity contribution >= 4 is 11.6 Å². The number of pyridine rings is 1. The lowest BCUT2D eigenvalue weighted by molar-refractivity contribution is -0.155. The molecular weight excluding hydrogens is 417 g/mol. The van der Waals surface area contributed by atoms with Gasteiger partial charge in [-0.3, -0.25) is 4.68 Å². The largest absolute Gasteiger partial charge is 0.408 e. The summed E-state index contributed by atoms with van der Waals surface area (Å²) in [5.41, 5.74) is 0.926. The monoisotopic (exact) mass is 438 g/mol. The topological polar surface area (TPSA) is 63.0 Å². The maximum absolute atomic E-state index is 12.5. The van der Waals surface area contributed by atoms with E-state index < -0.39 is 18.3 Å². The molecule has 2 unspecified atom stereocenters. The Morgan fingerprint density at radius 1 is 1.30 bits per heavy atom. The molecule has 2 N–H and O–H groups in total. The highest BCUT2D eigenvalue weighted by Crippen LogP contribution is 2.63. The average Bonchev–Trinajstić information content (AvgIpc) is 3.06. The van der Waals surface area contributed by atoms with Gasteiger partial charge in [-0.15, -0.1) is 0 Å². The van der Waals surface area contributed by atoms with Gasteiger partial charge in [0.1, 0.15) is 11.7 Å². The number of rotatable bonds is 2. The summed E-state index contributed by atoms with van der Waals surface area (Å²) in [4.78, 5) is 4.13. The molecular formula is C21H22ClF3N4O. The van der Waals surface area contributed by atoms with Gasteiger partial charge in [-0.1, -0.05) is 23.4 Å². The molecule has 2 aromatic rings. The number of hydrogen-bond donors (Lipinski definition) is 2. The van der Waals surface area contributed by atoms with E-state index in [1.165, 1.54) is 12.4 Å². The first kappa shape index (κ1) is 21.2. The first-order valence-electron chi connectivity index (χ1n) is 9.78. The Labute approximate surface area is 177 Å². The number of alkyl halides is 3. The van der Waals surface area contributed by atoms with Crippen LogP contribution < -0.4 is 5.32 Å². The first-order valence-corrected chi connectivity index (χ1v) is 10.2. The molecule has 3 heterocycles. The van der Waals surface area contributed by atoms with Crippen molar-refractivity contribution in [2.45, 2.75) is 50.4 Å². The van der Waals surface area contributed by atoms with E-state index >= 15 is 0 Å². The van der Waals surface area contributed by atoms with E-state index in [0.29, 0.717) is 22.7 Å². The van der Waals surface area contributed by atoms with Crippen molar-refractivity contribution < 1.29 is 18.3 Å². The van der Waals surface area contributed by atoms with Gasteiger partial charge in [-0.2, -0.15) is 18.3 Å². The molecule has 1 saturated heterocycles. The van der Waals surface area contributed by atoms with Crippen molar-refractivity contribution in [2.24, 2.45) is 5.41 Å². The van der Waals surface area contributed by atoms with Crippen LogP contribution in [0.1, 0.15) is 48.8 Å². The number of nitrogens with zero attached hydrogens (tertiary/aromatic N) is 3. The molecule has 2 fully saturated rings. The summed E-state index contributed by atoms with van der Waals surface area (Å²) in [6.45, 7) is 2.46. The predicted molar refractivity (Wildman–Crippen MR) is 106 cm³/mol. The third-order valence-electron chi connectivity index (χ3n) is 6.07. The summed E-state index contributed by atoms with van der Waals surface area (Å²) in [5, 5.41) is 18.4. The van der Waals surface area contributed by atoms with Gasteiger partial charge in [0.15, 0.2) is 0 Å². The molecule has 1 aliphatic heterocycles. The highest BCUT2D eigenvalue weighted by molar-refractivity contribution is 6.29. The van der Waals surface area contributed by atoms with Crippen molar-refractivity contribution in [3.05, 3.63) is 46.5 Å². The molecule has 160 valence electrons.